The number of benzene rings is 1. The normalized spacial score (nSPS) is 20.0. The van der Waals surface area contributed by atoms with Crippen molar-refractivity contribution in [2.24, 2.45) is 11.8 Å². The van der Waals surface area contributed by atoms with Crippen molar-refractivity contribution in [3.63, 3.8) is 0 Å². The zero-order valence-electron chi connectivity index (χ0n) is 13.1. The molecule has 0 N–H and O–H groups in total. The second-order valence-corrected chi connectivity index (χ2v) is 6.25. The van der Waals surface area contributed by atoms with Gasteiger partial charge in [0.05, 0.1) is 0 Å². The minimum absolute atomic E-state index is 0.229. The maximum absolute atomic E-state index is 11.7. The molecule has 1 aromatic rings. The highest BCUT2D eigenvalue weighted by atomic mass is 16.1. The molecular weight excluding hydrogens is 246 g/mol. The van der Waals surface area contributed by atoms with Crippen molar-refractivity contribution in [1.82, 2.24) is 0 Å². The van der Waals surface area contributed by atoms with E-state index in [0.29, 0.717) is 6.42 Å². The predicted molar refractivity (Wildman–Crippen MR) is 85.5 cm³/mol. The van der Waals surface area contributed by atoms with Crippen LogP contribution in [0.25, 0.3) is 0 Å². The van der Waals surface area contributed by atoms with Crippen molar-refractivity contribution in [1.29, 1.82) is 0 Å². The summed E-state index contributed by atoms with van der Waals surface area (Å²) in [6.07, 6.45) is 4.49. The number of Topliss-reactive ketones (excluding diaryl/α,β-unsaturated/α-hetero) is 1. The summed E-state index contributed by atoms with van der Waals surface area (Å²) in [6, 6.07) is 8.18. The van der Waals surface area contributed by atoms with E-state index in [1.807, 2.05) is 19.1 Å². The maximum Gasteiger partial charge on any atom is 0.162 e. The molecule has 1 atom stereocenters. The van der Waals surface area contributed by atoms with Gasteiger partial charge >= 0.3 is 0 Å². The van der Waals surface area contributed by atoms with Gasteiger partial charge in [-0.3, -0.25) is 4.79 Å². The molecule has 2 heteroatoms. The van der Waals surface area contributed by atoms with E-state index in [2.05, 4.69) is 30.9 Å². The predicted octanol–water partition coefficient (Wildman–Crippen LogP) is 4.54. The summed E-state index contributed by atoms with van der Waals surface area (Å²) in [5.41, 5.74) is 2.10. The van der Waals surface area contributed by atoms with E-state index in [1.165, 1.54) is 24.9 Å². The summed E-state index contributed by atoms with van der Waals surface area (Å²) in [5, 5.41) is 0. The number of nitrogens with zero attached hydrogens (tertiary/aromatic N) is 1. The molecule has 1 heterocycles. The minimum Gasteiger partial charge on any atom is -0.372 e. The molecule has 20 heavy (non-hydrogen) atoms. The Morgan fingerprint density at radius 3 is 2.50 bits per heavy atom. The van der Waals surface area contributed by atoms with E-state index >= 15 is 0 Å². The quantitative estimate of drug-likeness (QED) is 0.751. The first kappa shape index (κ1) is 15.1. The fourth-order valence-corrected chi connectivity index (χ4v) is 3.11. The summed E-state index contributed by atoms with van der Waals surface area (Å²) in [7, 11) is 0. The van der Waals surface area contributed by atoms with Crippen LogP contribution in [0.3, 0.4) is 0 Å². The molecule has 1 aliphatic rings. The van der Waals surface area contributed by atoms with Gasteiger partial charge in [-0.1, -0.05) is 20.8 Å². The van der Waals surface area contributed by atoms with Crippen LogP contribution in [0.1, 0.15) is 56.8 Å². The van der Waals surface area contributed by atoms with E-state index < -0.39 is 0 Å². The first-order valence-corrected chi connectivity index (χ1v) is 8.00. The minimum atomic E-state index is 0.229. The van der Waals surface area contributed by atoms with Crippen LogP contribution in [-0.4, -0.2) is 18.9 Å². The number of hydrogen-bond donors (Lipinski definition) is 0. The van der Waals surface area contributed by atoms with Gasteiger partial charge in [0.15, 0.2) is 5.78 Å². The molecule has 2 nitrogen and oxygen atoms in total. The van der Waals surface area contributed by atoms with Gasteiger partial charge < -0.3 is 4.90 Å². The lowest BCUT2D eigenvalue weighted by atomic mass is 9.89. The number of rotatable bonds is 4. The van der Waals surface area contributed by atoms with E-state index in [1.54, 1.807) is 0 Å². The van der Waals surface area contributed by atoms with Gasteiger partial charge in [-0.25, -0.2) is 0 Å². The van der Waals surface area contributed by atoms with E-state index in [4.69, 9.17) is 0 Å². The number of carbonyl (C=O) groups is 1. The van der Waals surface area contributed by atoms with Crippen LogP contribution in [0.5, 0.6) is 0 Å². The molecule has 1 unspecified atom stereocenters. The highest BCUT2D eigenvalue weighted by molar-refractivity contribution is 5.96. The van der Waals surface area contributed by atoms with Crippen LogP contribution >= 0.6 is 0 Å². The van der Waals surface area contributed by atoms with Crippen LogP contribution in [0, 0.1) is 11.8 Å². The summed E-state index contributed by atoms with van der Waals surface area (Å²) < 4.78 is 0. The van der Waals surface area contributed by atoms with Gasteiger partial charge in [-0.2, -0.15) is 0 Å². The fourth-order valence-electron chi connectivity index (χ4n) is 3.11. The lowest BCUT2D eigenvalue weighted by Gasteiger charge is -2.23. The summed E-state index contributed by atoms with van der Waals surface area (Å²) in [5.74, 6) is 1.88. The molecule has 1 fully saturated rings. The Morgan fingerprint density at radius 1 is 1.20 bits per heavy atom. The molecule has 0 saturated carbocycles. The molecule has 1 saturated heterocycles. The zero-order chi connectivity index (χ0) is 14.5. The molecule has 0 aliphatic carbocycles. The van der Waals surface area contributed by atoms with E-state index in [9.17, 15) is 4.79 Å². The van der Waals surface area contributed by atoms with Crippen molar-refractivity contribution < 1.29 is 4.79 Å². The average molecular weight is 273 g/mol. The highest BCUT2D eigenvalue weighted by Crippen LogP contribution is 2.27. The highest BCUT2D eigenvalue weighted by Gasteiger charge is 2.19. The Labute approximate surface area is 123 Å². The van der Waals surface area contributed by atoms with Crippen molar-refractivity contribution >= 4 is 11.5 Å². The van der Waals surface area contributed by atoms with Gasteiger partial charge in [0.1, 0.15) is 0 Å². The summed E-state index contributed by atoms with van der Waals surface area (Å²) in [6.45, 7) is 8.88. The first-order valence-electron chi connectivity index (χ1n) is 8.00. The molecule has 0 radical (unpaired) electrons. The summed E-state index contributed by atoms with van der Waals surface area (Å²) in [4.78, 5) is 14.1. The van der Waals surface area contributed by atoms with Crippen molar-refractivity contribution in [3.05, 3.63) is 29.8 Å². The Hall–Kier alpha value is -1.31. The molecule has 0 amide bonds. The lowest BCUT2D eigenvalue weighted by molar-refractivity contribution is 0.0988. The van der Waals surface area contributed by atoms with Gasteiger partial charge in [0.2, 0.25) is 0 Å². The van der Waals surface area contributed by atoms with Crippen LogP contribution < -0.4 is 4.90 Å². The second kappa shape index (κ2) is 6.92. The number of ketones is 1. The van der Waals surface area contributed by atoms with Gasteiger partial charge in [-0.15, -0.1) is 0 Å². The third kappa shape index (κ3) is 3.62. The number of carbonyl (C=O) groups excluding carboxylic acids is 1. The van der Waals surface area contributed by atoms with E-state index in [0.717, 1.165) is 30.5 Å². The third-order valence-corrected chi connectivity index (χ3v) is 4.59. The van der Waals surface area contributed by atoms with Gasteiger partial charge in [-0.05, 0) is 55.4 Å². The maximum atomic E-state index is 11.7. The molecule has 1 aromatic carbocycles. The monoisotopic (exact) mass is 273 g/mol. The number of hydrogen-bond acceptors (Lipinski definition) is 2. The molecule has 0 bridgehead atoms. The van der Waals surface area contributed by atoms with Crippen LogP contribution in [0.4, 0.5) is 5.69 Å². The van der Waals surface area contributed by atoms with Crippen LogP contribution in [0.15, 0.2) is 24.3 Å². The Morgan fingerprint density at radius 2 is 1.90 bits per heavy atom. The van der Waals surface area contributed by atoms with Crippen LogP contribution in [-0.2, 0) is 0 Å². The fraction of sp³-hybridized carbons (Fsp3) is 0.611. The molecule has 110 valence electrons. The van der Waals surface area contributed by atoms with Crippen molar-refractivity contribution in [2.45, 2.75) is 46.5 Å². The standard InChI is InChI=1S/C18H27NO/c1-4-18(20)16-7-9-17(10-8-16)19-12-5-6-15(11-13-19)14(2)3/h7-10,14-15H,4-6,11-13H2,1-3H3. The average Bonchev–Trinajstić information content (AvgIpc) is 2.72. The van der Waals surface area contributed by atoms with Crippen molar-refractivity contribution in [3.8, 4) is 0 Å². The molecule has 0 aromatic heterocycles. The molecule has 0 spiro atoms. The largest absolute Gasteiger partial charge is 0.372 e. The first-order chi connectivity index (χ1) is 9.61. The van der Waals surface area contributed by atoms with E-state index in [-0.39, 0.29) is 5.78 Å². The Bertz CT molecular complexity index is 435. The SMILES string of the molecule is CCC(=O)c1ccc(N2CCCC(C(C)C)CC2)cc1. The lowest BCUT2D eigenvalue weighted by Crippen LogP contribution is -2.24. The van der Waals surface area contributed by atoms with Gasteiger partial charge in [0, 0.05) is 30.8 Å². The molecular formula is C18H27NO. The smallest absolute Gasteiger partial charge is 0.162 e. The van der Waals surface area contributed by atoms with Crippen LogP contribution in [0.2, 0.25) is 0 Å². The second-order valence-electron chi connectivity index (χ2n) is 6.25. The molecule has 2 rings (SSSR count). The Kier molecular flexibility index (Phi) is 5.22. The molecule has 1 aliphatic heterocycles. The number of anilines is 1. The van der Waals surface area contributed by atoms with Crippen molar-refractivity contribution in [2.75, 3.05) is 18.0 Å². The van der Waals surface area contributed by atoms with Gasteiger partial charge in [0.25, 0.3) is 0 Å². The topological polar surface area (TPSA) is 20.3 Å². The Balaban J connectivity index is 2.02. The summed E-state index contributed by atoms with van der Waals surface area (Å²) >= 11 is 0. The zero-order valence-corrected chi connectivity index (χ0v) is 13.1. The third-order valence-electron chi connectivity index (χ3n) is 4.59.